The molecule has 0 saturated heterocycles. The van der Waals surface area contributed by atoms with E-state index in [9.17, 15) is 14.4 Å². The summed E-state index contributed by atoms with van der Waals surface area (Å²) < 4.78 is 10.3. The van der Waals surface area contributed by atoms with Gasteiger partial charge in [0.15, 0.2) is 6.61 Å². The third-order valence-electron chi connectivity index (χ3n) is 3.41. The molecular weight excluding hydrogens is 336 g/mol. The summed E-state index contributed by atoms with van der Waals surface area (Å²) in [6, 6.07) is 13.5. The molecule has 0 heterocycles. The quantitative estimate of drug-likeness (QED) is 0.704. The van der Waals surface area contributed by atoms with Gasteiger partial charge in [-0.15, -0.1) is 0 Å². The first kappa shape index (κ1) is 19.0. The van der Waals surface area contributed by atoms with Crippen molar-refractivity contribution in [3.63, 3.8) is 0 Å². The van der Waals surface area contributed by atoms with Crippen molar-refractivity contribution in [3.05, 3.63) is 59.7 Å². The zero-order valence-electron chi connectivity index (χ0n) is 14.4. The van der Waals surface area contributed by atoms with Crippen molar-refractivity contribution < 1.29 is 23.9 Å². The SMILES string of the molecule is Cc1ccc(OCCC(=O)OCC(=O)Nc2ccc(C(N)=O)cc2)cc1. The average molecular weight is 356 g/mol. The summed E-state index contributed by atoms with van der Waals surface area (Å²) >= 11 is 0. The third kappa shape index (κ3) is 6.27. The monoisotopic (exact) mass is 356 g/mol. The Morgan fingerprint density at radius 3 is 2.27 bits per heavy atom. The fourth-order valence-electron chi connectivity index (χ4n) is 2.02. The lowest BCUT2D eigenvalue weighted by atomic mass is 10.2. The van der Waals surface area contributed by atoms with E-state index in [1.165, 1.54) is 24.3 Å². The van der Waals surface area contributed by atoms with E-state index in [2.05, 4.69) is 5.32 Å². The molecule has 0 aliphatic rings. The van der Waals surface area contributed by atoms with Crippen LogP contribution >= 0.6 is 0 Å². The van der Waals surface area contributed by atoms with Gasteiger partial charge in [0.05, 0.1) is 13.0 Å². The van der Waals surface area contributed by atoms with Gasteiger partial charge in [-0.1, -0.05) is 17.7 Å². The van der Waals surface area contributed by atoms with Gasteiger partial charge in [-0.25, -0.2) is 0 Å². The van der Waals surface area contributed by atoms with E-state index in [1.807, 2.05) is 31.2 Å². The molecule has 0 spiro atoms. The van der Waals surface area contributed by atoms with Crippen LogP contribution in [0.4, 0.5) is 5.69 Å². The summed E-state index contributed by atoms with van der Waals surface area (Å²) in [4.78, 5) is 34.4. The van der Waals surface area contributed by atoms with Crippen LogP contribution in [0.1, 0.15) is 22.3 Å². The standard InChI is InChI=1S/C19H20N2O5/c1-13-2-8-16(9-3-13)25-11-10-18(23)26-12-17(22)21-15-6-4-14(5-7-15)19(20)24/h2-9H,10-12H2,1H3,(H2,20,24)(H,21,22). The number of esters is 1. The summed E-state index contributed by atoms with van der Waals surface area (Å²) in [5.74, 6) is -0.897. The summed E-state index contributed by atoms with van der Waals surface area (Å²) in [5.41, 5.74) is 7.06. The smallest absolute Gasteiger partial charge is 0.309 e. The molecule has 2 aromatic carbocycles. The maximum absolute atomic E-state index is 11.8. The number of aryl methyl sites for hydroxylation is 1. The Morgan fingerprint density at radius 2 is 1.65 bits per heavy atom. The first-order chi connectivity index (χ1) is 12.4. The second kappa shape index (κ2) is 9.22. The number of ether oxygens (including phenoxy) is 2. The predicted molar refractivity (Wildman–Crippen MR) is 95.8 cm³/mol. The van der Waals surface area contributed by atoms with Crippen LogP contribution < -0.4 is 15.8 Å². The molecule has 0 bridgehead atoms. The molecule has 0 saturated carbocycles. The number of carbonyl (C=O) groups excluding carboxylic acids is 3. The average Bonchev–Trinajstić information content (AvgIpc) is 2.62. The number of benzene rings is 2. The number of rotatable bonds is 8. The van der Waals surface area contributed by atoms with Gasteiger partial charge in [-0.3, -0.25) is 14.4 Å². The topological polar surface area (TPSA) is 108 Å². The van der Waals surface area contributed by atoms with Crippen molar-refractivity contribution in [2.24, 2.45) is 5.73 Å². The highest BCUT2D eigenvalue weighted by Crippen LogP contribution is 2.12. The van der Waals surface area contributed by atoms with Crippen molar-refractivity contribution in [3.8, 4) is 5.75 Å². The van der Waals surface area contributed by atoms with Gasteiger partial charge in [0.25, 0.3) is 5.91 Å². The van der Waals surface area contributed by atoms with Gasteiger partial charge >= 0.3 is 5.97 Å². The lowest BCUT2D eigenvalue weighted by molar-refractivity contribution is -0.147. The molecule has 7 heteroatoms. The number of primary amides is 1. The number of nitrogens with one attached hydrogen (secondary N) is 1. The molecule has 2 aromatic rings. The van der Waals surface area contributed by atoms with Crippen molar-refractivity contribution in [1.29, 1.82) is 0 Å². The summed E-state index contributed by atoms with van der Waals surface area (Å²) in [6.45, 7) is 1.73. The van der Waals surface area contributed by atoms with E-state index in [0.717, 1.165) is 5.56 Å². The Labute approximate surface area is 151 Å². The molecule has 2 amide bonds. The number of amides is 2. The highest BCUT2D eigenvalue weighted by Gasteiger charge is 2.09. The molecule has 0 radical (unpaired) electrons. The highest BCUT2D eigenvalue weighted by atomic mass is 16.5. The number of hydrogen-bond acceptors (Lipinski definition) is 5. The maximum Gasteiger partial charge on any atom is 0.309 e. The van der Waals surface area contributed by atoms with Gasteiger partial charge in [0.2, 0.25) is 5.91 Å². The molecule has 0 aliphatic heterocycles. The molecule has 3 N–H and O–H groups in total. The van der Waals surface area contributed by atoms with E-state index in [1.54, 1.807) is 0 Å². The molecule has 26 heavy (non-hydrogen) atoms. The highest BCUT2D eigenvalue weighted by molar-refractivity contribution is 5.95. The second-order valence-corrected chi connectivity index (χ2v) is 5.56. The van der Waals surface area contributed by atoms with E-state index >= 15 is 0 Å². The Bertz CT molecular complexity index is 770. The molecular formula is C19H20N2O5. The summed E-state index contributed by atoms with van der Waals surface area (Å²) in [6.07, 6.45) is 0.0362. The van der Waals surface area contributed by atoms with Crippen molar-refractivity contribution in [2.45, 2.75) is 13.3 Å². The Hall–Kier alpha value is -3.35. The fourth-order valence-corrected chi connectivity index (χ4v) is 2.02. The van der Waals surface area contributed by atoms with Crippen LogP contribution in [0.3, 0.4) is 0 Å². The fraction of sp³-hybridized carbons (Fsp3) is 0.211. The minimum atomic E-state index is -0.551. The largest absolute Gasteiger partial charge is 0.493 e. The van der Waals surface area contributed by atoms with Crippen LogP contribution in [-0.2, 0) is 14.3 Å². The van der Waals surface area contributed by atoms with Crippen molar-refractivity contribution >= 4 is 23.5 Å². The molecule has 0 atom stereocenters. The molecule has 0 aromatic heterocycles. The van der Waals surface area contributed by atoms with Gasteiger partial charge < -0.3 is 20.5 Å². The van der Waals surface area contributed by atoms with Crippen LogP contribution in [0.15, 0.2) is 48.5 Å². The molecule has 136 valence electrons. The Morgan fingerprint density at radius 1 is 1.00 bits per heavy atom. The van der Waals surface area contributed by atoms with Gasteiger partial charge in [-0.2, -0.15) is 0 Å². The molecule has 2 rings (SSSR count). The van der Waals surface area contributed by atoms with E-state index in [4.69, 9.17) is 15.2 Å². The third-order valence-corrected chi connectivity index (χ3v) is 3.41. The number of anilines is 1. The van der Waals surface area contributed by atoms with E-state index in [-0.39, 0.29) is 13.0 Å². The maximum atomic E-state index is 11.8. The lowest BCUT2D eigenvalue weighted by Crippen LogP contribution is -2.21. The number of nitrogens with two attached hydrogens (primary N) is 1. The van der Waals surface area contributed by atoms with Crippen LogP contribution in [0, 0.1) is 6.92 Å². The van der Waals surface area contributed by atoms with Crippen LogP contribution in [0.5, 0.6) is 5.75 Å². The van der Waals surface area contributed by atoms with Crippen molar-refractivity contribution in [2.75, 3.05) is 18.5 Å². The first-order valence-electron chi connectivity index (χ1n) is 7.99. The summed E-state index contributed by atoms with van der Waals surface area (Å²) in [7, 11) is 0. The second-order valence-electron chi connectivity index (χ2n) is 5.56. The van der Waals surface area contributed by atoms with Crippen LogP contribution in [0.25, 0.3) is 0 Å². The zero-order valence-corrected chi connectivity index (χ0v) is 14.4. The van der Waals surface area contributed by atoms with Gasteiger partial charge in [0, 0.05) is 11.3 Å². The minimum absolute atomic E-state index is 0.0362. The number of hydrogen-bond donors (Lipinski definition) is 2. The lowest BCUT2D eigenvalue weighted by Gasteiger charge is -2.08. The minimum Gasteiger partial charge on any atom is -0.493 e. The first-order valence-corrected chi connectivity index (χ1v) is 7.99. The predicted octanol–water partition coefficient (Wildman–Crippen LogP) is 2.04. The molecule has 0 fully saturated rings. The normalized spacial score (nSPS) is 10.0. The van der Waals surface area contributed by atoms with Crippen molar-refractivity contribution in [1.82, 2.24) is 0 Å². The van der Waals surface area contributed by atoms with Gasteiger partial charge in [-0.05, 0) is 43.3 Å². The van der Waals surface area contributed by atoms with Gasteiger partial charge in [0.1, 0.15) is 5.75 Å². The van der Waals surface area contributed by atoms with Crippen LogP contribution in [0.2, 0.25) is 0 Å². The molecule has 0 aliphatic carbocycles. The molecule has 7 nitrogen and oxygen atoms in total. The zero-order chi connectivity index (χ0) is 18.9. The van der Waals surface area contributed by atoms with E-state index in [0.29, 0.717) is 17.0 Å². The summed E-state index contributed by atoms with van der Waals surface area (Å²) in [5, 5.41) is 2.55. The number of carbonyl (C=O) groups is 3. The Kier molecular flexibility index (Phi) is 6.73. The van der Waals surface area contributed by atoms with Crippen LogP contribution in [-0.4, -0.2) is 31.0 Å². The van der Waals surface area contributed by atoms with E-state index < -0.39 is 24.4 Å². The molecule has 0 unspecified atom stereocenters. The Balaban J connectivity index is 1.67.